The molecule has 0 aromatic heterocycles. The van der Waals surface area contributed by atoms with Crippen LogP contribution in [0.1, 0.15) is 10.4 Å². The van der Waals surface area contributed by atoms with Gasteiger partial charge in [0.2, 0.25) is 5.91 Å². The van der Waals surface area contributed by atoms with E-state index in [0.29, 0.717) is 49.0 Å². The molecule has 0 radical (unpaired) electrons. The van der Waals surface area contributed by atoms with Gasteiger partial charge < -0.3 is 19.3 Å². The fourth-order valence-corrected chi connectivity index (χ4v) is 2.95. The number of ether oxygens (including phenoxy) is 2. The minimum absolute atomic E-state index is 0.0820. The number of benzene rings is 1. The number of nitrogens with zero attached hydrogens (tertiary/aromatic N) is 2. The van der Waals surface area contributed by atoms with Gasteiger partial charge >= 0.3 is 0 Å². The molecule has 0 atom stereocenters. The van der Waals surface area contributed by atoms with Gasteiger partial charge in [0, 0.05) is 32.2 Å². The van der Waals surface area contributed by atoms with E-state index in [1.165, 1.54) is 18.9 Å². The summed E-state index contributed by atoms with van der Waals surface area (Å²) in [6.07, 6.45) is 1.91. The van der Waals surface area contributed by atoms with Crippen molar-refractivity contribution in [2.75, 3.05) is 52.4 Å². The first kappa shape index (κ1) is 17.5. The molecular formula is C16H22N2O4S. The fraction of sp³-hybridized carbons (Fsp3) is 0.500. The van der Waals surface area contributed by atoms with Crippen molar-refractivity contribution in [3.8, 4) is 11.5 Å². The van der Waals surface area contributed by atoms with Crippen molar-refractivity contribution in [1.29, 1.82) is 0 Å². The molecule has 6 nitrogen and oxygen atoms in total. The zero-order chi connectivity index (χ0) is 16.8. The van der Waals surface area contributed by atoms with Crippen molar-refractivity contribution < 1.29 is 19.1 Å². The second kappa shape index (κ2) is 8.10. The summed E-state index contributed by atoms with van der Waals surface area (Å²) in [4.78, 5) is 28.1. The van der Waals surface area contributed by atoms with Crippen molar-refractivity contribution in [1.82, 2.24) is 9.80 Å². The quantitative estimate of drug-likeness (QED) is 0.811. The number of hydrogen-bond donors (Lipinski definition) is 0. The zero-order valence-electron chi connectivity index (χ0n) is 13.7. The molecule has 0 bridgehead atoms. The fourth-order valence-electron chi connectivity index (χ4n) is 2.52. The molecular weight excluding hydrogens is 316 g/mol. The number of amides is 2. The Bertz CT molecular complexity index is 571. The summed E-state index contributed by atoms with van der Waals surface area (Å²) >= 11 is 1.52. The lowest BCUT2D eigenvalue weighted by Gasteiger charge is -2.35. The topological polar surface area (TPSA) is 59.1 Å². The van der Waals surface area contributed by atoms with Gasteiger partial charge in [-0.1, -0.05) is 0 Å². The van der Waals surface area contributed by atoms with Crippen molar-refractivity contribution >= 4 is 23.6 Å². The molecule has 126 valence electrons. The molecule has 1 fully saturated rings. The number of carbonyl (C=O) groups is 2. The average molecular weight is 338 g/mol. The number of piperazine rings is 1. The molecule has 1 aliphatic rings. The average Bonchev–Trinajstić information content (AvgIpc) is 2.60. The SMILES string of the molecule is COc1ccc(C(=O)N2CCN(C(=O)CSC)CC2)c(OC)c1. The molecule has 1 aromatic rings. The Labute approximate surface area is 140 Å². The van der Waals surface area contributed by atoms with Crippen LogP contribution in [0.15, 0.2) is 18.2 Å². The Morgan fingerprint density at radius 2 is 1.74 bits per heavy atom. The Balaban J connectivity index is 2.04. The van der Waals surface area contributed by atoms with Crippen LogP contribution < -0.4 is 9.47 Å². The lowest BCUT2D eigenvalue weighted by molar-refractivity contribution is -0.129. The Morgan fingerprint density at radius 1 is 1.09 bits per heavy atom. The van der Waals surface area contributed by atoms with Gasteiger partial charge in [0.05, 0.1) is 25.5 Å². The first-order valence-corrected chi connectivity index (χ1v) is 8.78. The van der Waals surface area contributed by atoms with Gasteiger partial charge in [-0.05, 0) is 18.4 Å². The predicted molar refractivity (Wildman–Crippen MR) is 90.4 cm³/mol. The van der Waals surface area contributed by atoms with Crippen LogP contribution in [0.3, 0.4) is 0 Å². The lowest BCUT2D eigenvalue weighted by Crippen LogP contribution is -2.51. The summed E-state index contributed by atoms with van der Waals surface area (Å²) in [5.41, 5.74) is 0.511. The number of thioether (sulfide) groups is 1. The van der Waals surface area contributed by atoms with Gasteiger partial charge in [0.25, 0.3) is 5.91 Å². The van der Waals surface area contributed by atoms with E-state index in [4.69, 9.17) is 9.47 Å². The standard InChI is InChI=1S/C16H22N2O4S/c1-21-12-4-5-13(14(10-12)22-2)16(20)18-8-6-17(7-9-18)15(19)11-23-3/h4-5,10H,6-9,11H2,1-3H3. The Morgan fingerprint density at radius 3 is 2.30 bits per heavy atom. The summed E-state index contributed by atoms with van der Waals surface area (Å²) < 4.78 is 10.4. The van der Waals surface area contributed by atoms with E-state index in [9.17, 15) is 9.59 Å². The maximum Gasteiger partial charge on any atom is 0.257 e. The van der Waals surface area contributed by atoms with Gasteiger partial charge in [0.15, 0.2) is 0 Å². The van der Waals surface area contributed by atoms with E-state index < -0.39 is 0 Å². The van der Waals surface area contributed by atoms with E-state index in [0.717, 1.165) is 0 Å². The van der Waals surface area contributed by atoms with E-state index >= 15 is 0 Å². The lowest BCUT2D eigenvalue weighted by atomic mass is 10.1. The molecule has 1 heterocycles. The summed E-state index contributed by atoms with van der Waals surface area (Å²) in [7, 11) is 3.10. The van der Waals surface area contributed by atoms with Crippen molar-refractivity contribution in [3.05, 3.63) is 23.8 Å². The number of hydrogen-bond acceptors (Lipinski definition) is 5. The van der Waals surface area contributed by atoms with Crippen molar-refractivity contribution in [2.45, 2.75) is 0 Å². The molecule has 0 aliphatic carbocycles. The largest absolute Gasteiger partial charge is 0.497 e. The monoisotopic (exact) mass is 338 g/mol. The molecule has 1 aromatic carbocycles. The van der Waals surface area contributed by atoms with Crippen molar-refractivity contribution in [2.24, 2.45) is 0 Å². The molecule has 23 heavy (non-hydrogen) atoms. The van der Waals surface area contributed by atoms with Gasteiger partial charge in [-0.3, -0.25) is 9.59 Å². The minimum atomic E-state index is -0.0820. The molecule has 7 heteroatoms. The van der Waals surface area contributed by atoms with E-state index in [2.05, 4.69) is 0 Å². The highest BCUT2D eigenvalue weighted by Gasteiger charge is 2.26. The third kappa shape index (κ3) is 4.10. The van der Waals surface area contributed by atoms with E-state index in [1.807, 2.05) is 11.2 Å². The Hall–Kier alpha value is -1.89. The molecule has 1 aliphatic heterocycles. The van der Waals surface area contributed by atoms with Crippen LogP contribution in [0, 0.1) is 0 Å². The third-order valence-corrected chi connectivity index (χ3v) is 4.36. The predicted octanol–water partition coefficient (Wildman–Crippen LogP) is 1.35. The Kier molecular flexibility index (Phi) is 6.15. The highest BCUT2D eigenvalue weighted by molar-refractivity contribution is 7.99. The second-order valence-corrected chi connectivity index (χ2v) is 6.04. The maximum atomic E-state index is 12.7. The van der Waals surface area contributed by atoms with Crippen LogP contribution in [0.2, 0.25) is 0 Å². The maximum absolute atomic E-state index is 12.7. The summed E-state index contributed by atoms with van der Waals surface area (Å²) in [6.45, 7) is 2.22. The first-order chi connectivity index (χ1) is 11.1. The molecule has 1 saturated heterocycles. The minimum Gasteiger partial charge on any atom is -0.497 e. The highest BCUT2D eigenvalue weighted by Crippen LogP contribution is 2.26. The summed E-state index contributed by atoms with van der Waals surface area (Å²) in [5.74, 6) is 1.68. The van der Waals surface area contributed by atoms with Crippen LogP contribution in [0.4, 0.5) is 0 Å². The van der Waals surface area contributed by atoms with E-state index in [1.54, 1.807) is 30.2 Å². The highest BCUT2D eigenvalue weighted by atomic mass is 32.2. The van der Waals surface area contributed by atoms with Crippen LogP contribution in [0.5, 0.6) is 11.5 Å². The van der Waals surface area contributed by atoms with Crippen LogP contribution >= 0.6 is 11.8 Å². The molecule has 0 saturated carbocycles. The number of rotatable bonds is 5. The van der Waals surface area contributed by atoms with Crippen LogP contribution in [0.25, 0.3) is 0 Å². The molecule has 2 rings (SSSR count). The summed E-state index contributed by atoms with van der Waals surface area (Å²) in [5, 5.41) is 0. The van der Waals surface area contributed by atoms with Crippen LogP contribution in [-0.4, -0.2) is 74.0 Å². The number of methoxy groups -OCH3 is 2. The first-order valence-electron chi connectivity index (χ1n) is 7.38. The molecule has 0 spiro atoms. The van der Waals surface area contributed by atoms with E-state index in [-0.39, 0.29) is 11.8 Å². The molecule has 0 N–H and O–H groups in total. The molecule has 0 unspecified atom stereocenters. The van der Waals surface area contributed by atoms with Crippen molar-refractivity contribution in [3.63, 3.8) is 0 Å². The smallest absolute Gasteiger partial charge is 0.257 e. The van der Waals surface area contributed by atoms with Gasteiger partial charge in [-0.25, -0.2) is 0 Å². The summed E-state index contributed by atoms with van der Waals surface area (Å²) in [6, 6.07) is 5.16. The van der Waals surface area contributed by atoms with Gasteiger partial charge in [0.1, 0.15) is 11.5 Å². The van der Waals surface area contributed by atoms with Gasteiger partial charge in [-0.15, -0.1) is 0 Å². The third-order valence-electron chi connectivity index (χ3n) is 3.83. The number of carbonyl (C=O) groups excluding carboxylic acids is 2. The molecule has 2 amide bonds. The van der Waals surface area contributed by atoms with Crippen LogP contribution in [-0.2, 0) is 4.79 Å². The second-order valence-electron chi connectivity index (χ2n) is 5.17. The zero-order valence-corrected chi connectivity index (χ0v) is 14.5. The normalized spacial score (nSPS) is 14.6. The van der Waals surface area contributed by atoms with Gasteiger partial charge in [-0.2, -0.15) is 11.8 Å².